The first-order chi connectivity index (χ1) is 14.6. The van der Waals surface area contributed by atoms with Crippen LogP contribution in [0.4, 0.5) is 0 Å². The molecule has 1 unspecified atom stereocenters. The van der Waals surface area contributed by atoms with Crippen molar-refractivity contribution in [3.05, 3.63) is 63.7 Å². The Morgan fingerprint density at radius 3 is 2.52 bits per heavy atom. The van der Waals surface area contributed by atoms with E-state index in [9.17, 15) is 9.59 Å². The Labute approximate surface area is 186 Å². The second kappa shape index (κ2) is 8.86. The zero-order valence-electron chi connectivity index (χ0n) is 19.8. The number of hydrogen-bond acceptors (Lipinski definition) is 4. The Morgan fingerprint density at radius 2 is 1.87 bits per heavy atom. The number of fused-ring (bicyclic) bond motifs is 1. The van der Waals surface area contributed by atoms with Gasteiger partial charge >= 0.3 is 11.9 Å². The number of esters is 2. The fourth-order valence-electron chi connectivity index (χ4n) is 4.41. The maximum atomic E-state index is 13.0. The molecule has 0 fully saturated rings. The van der Waals surface area contributed by atoms with Gasteiger partial charge in [0.1, 0.15) is 11.7 Å². The van der Waals surface area contributed by atoms with Gasteiger partial charge in [0.05, 0.1) is 7.11 Å². The van der Waals surface area contributed by atoms with Gasteiger partial charge in [0.15, 0.2) is 0 Å². The summed E-state index contributed by atoms with van der Waals surface area (Å²) in [5.74, 6) is 0.163. The average molecular weight is 423 g/mol. The van der Waals surface area contributed by atoms with E-state index in [0.29, 0.717) is 6.42 Å². The Balaban J connectivity index is 2.07. The van der Waals surface area contributed by atoms with Crippen LogP contribution < -0.4 is 4.74 Å². The first-order valence-corrected chi connectivity index (χ1v) is 11.1. The zero-order valence-corrected chi connectivity index (χ0v) is 19.8. The summed E-state index contributed by atoms with van der Waals surface area (Å²) in [6.45, 7) is 12.8. The van der Waals surface area contributed by atoms with Crippen LogP contribution in [0.15, 0.2) is 30.3 Å². The van der Waals surface area contributed by atoms with Crippen molar-refractivity contribution in [1.29, 1.82) is 0 Å². The van der Waals surface area contributed by atoms with Crippen molar-refractivity contribution in [2.45, 2.75) is 78.1 Å². The van der Waals surface area contributed by atoms with Crippen LogP contribution in [0.1, 0.15) is 92.2 Å². The maximum absolute atomic E-state index is 13.0. The van der Waals surface area contributed by atoms with Gasteiger partial charge in [-0.05, 0) is 65.8 Å². The molecule has 0 aromatic heterocycles. The van der Waals surface area contributed by atoms with Crippen LogP contribution in [-0.2, 0) is 19.7 Å². The van der Waals surface area contributed by atoms with Crippen molar-refractivity contribution >= 4 is 11.9 Å². The van der Waals surface area contributed by atoms with E-state index < -0.39 is 5.92 Å². The lowest BCUT2D eigenvalue weighted by atomic mass is 9.76. The summed E-state index contributed by atoms with van der Waals surface area (Å²) in [5, 5.41) is 0. The Bertz CT molecular complexity index is 1000. The molecular formula is C27H34O4. The molecule has 4 nitrogen and oxygen atoms in total. The van der Waals surface area contributed by atoms with Gasteiger partial charge in [-0.2, -0.15) is 0 Å². The summed E-state index contributed by atoms with van der Waals surface area (Å²) in [6.07, 6.45) is 2.01. The maximum Gasteiger partial charge on any atom is 0.323 e. The highest BCUT2D eigenvalue weighted by Crippen LogP contribution is 2.47. The van der Waals surface area contributed by atoms with Crippen molar-refractivity contribution in [2.75, 3.05) is 7.11 Å². The molecule has 0 amide bonds. The monoisotopic (exact) mass is 422 g/mol. The number of aryl methyl sites for hydroxylation is 1. The molecule has 4 heteroatoms. The average Bonchev–Trinajstić information content (AvgIpc) is 3.04. The minimum Gasteiger partial charge on any atom is -0.469 e. The van der Waals surface area contributed by atoms with E-state index in [1.165, 1.54) is 18.2 Å². The number of carbonyl (C=O) groups excluding carboxylic acids is 2. The second-order valence-electron chi connectivity index (χ2n) is 9.60. The normalized spacial score (nSPS) is 15.7. The molecule has 0 radical (unpaired) electrons. The van der Waals surface area contributed by atoms with E-state index in [1.54, 1.807) is 0 Å². The van der Waals surface area contributed by atoms with Gasteiger partial charge in [-0.25, -0.2) is 0 Å². The summed E-state index contributed by atoms with van der Waals surface area (Å²) >= 11 is 0. The summed E-state index contributed by atoms with van der Waals surface area (Å²) in [7, 11) is 1.42. The van der Waals surface area contributed by atoms with Crippen molar-refractivity contribution in [2.24, 2.45) is 0 Å². The van der Waals surface area contributed by atoms with Crippen LogP contribution in [0.3, 0.4) is 0 Å². The Kier molecular flexibility index (Phi) is 6.59. The molecular weight excluding hydrogens is 388 g/mol. The third-order valence-electron chi connectivity index (χ3n) is 6.67. The van der Waals surface area contributed by atoms with Crippen LogP contribution in [0.5, 0.6) is 5.75 Å². The van der Waals surface area contributed by atoms with E-state index in [4.69, 9.17) is 9.47 Å². The summed E-state index contributed by atoms with van der Waals surface area (Å²) in [4.78, 5) is 24.6. The molecule has 1 heterocycles. The topological polar surface area (TPSA) is 52.6 Å². The molecule has 1 aliphatic heterocycles. The first kappa shape index (κ1) is 23.1. The van der Waals surface area contributed by atoms with Gasteiger partial charge in [0.25, 0.3) is 0 Å². The molecule has 31 heavy (non-hydrogen) atoms. The molecule has 1 atom stereocenters. The SMILES string of the molecule is COC(=O)CCCC(C)(C)c1cc(C(C)C)c2c(c1)C(c1cccc(C)c1C)C(=O)O2. The number of benzene rings is 2. The molecule has 2 aromatic rings. The molecule has 166 valence electrons. The summed E-state index contributed by atoms with van der Waals surface area (Å²) < 4.78 is 10.6. The lowest BCUT2D eigenvalue weighted by molar-refractivity contribution is -0.140. The number of hydrogen-bond donors (Lipinski definition) is 0. The molecule has 1 aliphatic rings. The molecule has 0 saturated heterocycles. The third kappa shape index (κ3) is 4.53. The number of methoxy groups -OCH3 is 1. The predicted octanol–water partition coefficient (Wildman–Crippen LogP) is 6.10. The van der Waals surface area contributed by atoms with Crippen LogP contribution in [0.2, 0.25) is 0 Å². The number of carbonyl (C=O) groups is 2. The quantitative estimate of drug-likeness (QED) is 0.400. The minimum absolute atomic E-state index is 0.148. The van der Waals surface area contributed by atoms with E-state index in [1.807, 2.05) is 12.1 Å². The summed E-state index contributed by atoms with van der Waals surface area (Å²) in [6, 6.07) is 10.4. The van der Waals surface area contributed by atoms with Crippen LogP contribution in [0, 0.1) is 13.8 Å². The molecule has 0 saturated carbocycles. The molecule has 0 bridgehead atoms. The highest BCUT2D eigenvalue weighted by Gasteiger charge is 2.39. The van der Waals surface area contributed by atoms with Gasteiger partial charge in [0.2, 0.25) is 0 Å². The van der Waals surface area contributed by atoms with Gasteiger partial charge in [-0.15, -0.1) is 0 Å². The number of ether oxygens (including phenoxy) is 2. The van der Waals surface area contributed by atoms with Gasteiger partial charge in [0, 0.05) is 12.0 Å². The van der Waals surface area contributed by atoms with Crippen molar-refractivity contribution in [3.63, 3.8) is 0 Å². The summed E-state index contributed by atoms with van der Waals surface area (Å²) in [5.41, 5.74) is 6.36. The smallest absolute Gasteiger partial charge is 0.323 e. The lowest BCUT2D eigenvalue weighted by Gasteiger charge is -2.28. The van der Waals surface area contributed by atoms with Gasteiger partial charge in [-0.1, -0.05) is 58.0 Å². The highest BCUT2D eigenvalue weighted by molar-refractivity contribution is 5.90. The van der Waals surface area contributed by atoms with E-state index in [0.717, 1.165) is 40.8 Å². The van der Waals surface area contributed by atoms with E-state index >= 15 is 0 Å². The zero-order chi connectivity index (χ0) is 22.9. The fraction of sp³-hybridized carbons (Fsp3) is 0.481. The van der Waals surface area contributed by atoms with E-state index in [2.05, 4.69) is 59.7 Å². The molecule has 0 aliphatic carbocycles. The van der Waals surface area contributed by atoms with Gasteiger partial charge in [-0.3, -0.25) is 9.59 Å². The first-order valence-electron chi connectivity index (χ1n) is 11.1. The molecule has 0 spiro atoms. The van der Waals surface area contributed by atoms with Crippen LogP contribution in [0.25, 0.3) is 0 Å². The van der Waals surface area contributed by atoms with Crippen molar-refractivity contribution in [3.8, 4) is 5.75 Å². The van der Waals surface area contributed by atoms with Gasteiger partial charge < -0.3 is 9.47 Å². The molecule has 3 rings (SSSR count). The highest BCUT2D eigenvalue weighted by atomic mass is 16.5. The largest absolute Gasteiger partial charge is 0.469 e. The fourth-order valence-corrected chi connectivity index (χ4v) is 4.41. The lowest BCUT2D eigenvalue weighted by Crippen LogP contribution is -2.19. The van der Waals surface area contributed by atoms with Crippen molar-refractivity contribution in [1.82, 2.24) is 0 Å². The van der Waals surface area contributed by atoms with Crippen LogP contribution >= 0.6 is 0 Å². The third-order valence-corrected chi connectivity index (χ3v) is 6.67. The minimum atomic E-state index is -0.404. The standard InChI is InChI=1S/C27H34O4/c1-16(2)21-14-19(27(5,6)13-9-12-23(28)30-7)15-22-24(26(29)31-25(21)22)20-11-8-10-17(3)18(20)4/h8,10-11,14-16,24H,9,12-13H2,1-7H3. The van der Waals surface area contributed by atoms with Crippen molar-refractivity contribution < 1.29 is 19.1 Å². The Morgan fingerprint density at radius 1 is 1.16 bits per heavy atom. The number of rotatable bonds is 7. The second-order valence-corrected chi connectivity index (χ2v) is 9.60. The molecule has 2 aromatic carbocycles. The molecule has 0 N–H and O–H groups in total. The van der Waals surface area contributed by atoms with E-state index in [-0.39, 0.29) is 23.3 Å². The Hall–Kier alpha value is -2.62. The predicted molar refractivity (Wildman–Crippen MR) is 123 cm³/mol. The van der Waals surface area contributed by atoms with Crippen LogP contribution in [-0.4, -0.2) is 19.0 Å².